The maximum Gasteiger partial charge on any atom is 0.0427 e. The highest BCUT2D eigenvalue weighted by molar-refractivity contribution is 7.99. The lowest BCUT2D eigenvalue weighted by molar-refractivity contribution is 0.602. The fourth-order valence-corrected chi connectivity index (χ4v) is 3.93. The van der Waals surface area contributed by atoms with Crippen molar-refractivity contribution in [3.63, 3.8) is 0 Å². The van der Waals surface area contributed by atoms with Gasteiger partial charge >= 0.3 is 0 Å². The van der Waals surface area contributed by atoms with Crippen molar-refractivity contribution >= 4 is 11.8 Å². The van der Waals surface area contributed by atoms with Crippen LogP contribution >= 0.6 is 11.8 Å². The van der Waals surface area contributed by atoms with Gasteiger partial charge < -0.3 is 5.32 Å². The normalized spacial score (nSPS) is 18.1. The summed E-state index contributed by atoms with van der Waals surface area (Å²) in [7, 11) is 0. The van der Waals surface area contributed by atoms with Gasteiger partial charge in [0, 0.05) is 28.9 Å². The van der Waals surface area contributed by atoms with Gasteiger partial charge in [-0.3, -0.25) is 4.98 Å². The summed E-state index contributed by atoms with van der Waals surface area (Å²) in [5.74, 6) is 1.17. The second-order valence-corrected chi connectivity index (χ2v) is 6.42. The predicted octanol–water partition coefficient (Wildman–Crippen LogP) is 3.72. The summed E-state index contributed by atoms with van der Waals surface area (Å²) >= 11 is 2.14. The minimum Gasteiger partial charge on any atom is -0.309 e. The largest absolute Gasteiger partial charge is 0.309 e. The molecule has 1 atom stereocenters. The number of aryl methyl sites for hydroxylation is 1. The van der Waals surface area contributed by atoms with Crippen LogP contribution in [0.15, 0.2) is 18.3 Å². The fourth-order valence-electron chi connectivity index (χ4n) is 2.49. The van der Waals surface area contributed by atoms with Crippen molar-refractivity contribution in [2.45, 2.75) is 50.8 Å². The monoisotopic (exact) mass is 264 g/mol. The van der Waals surface area contributed by atoms with Crippen LogP contribution in [0.5, 0.6) is 0 Å². The highest BCUT2D eigenvalue weighted by atomic mass is 32.2. The van der Waals surface area contributed by atoms with E-state index < -0.39 is 0 Å². The van der Waals surface area contributed by atoms with Crippen molar-refractivity contribution in [1.29, 1.82) is 0 Å². The number of hydrogen-bond donors (Lipinski definition) is 1. The molecule has 2 nitrogen and oxygen atoms in total. The first kappa shape index (κ1) is 13.9. The minimum atomic E-state index is 0.452. The highest BCUT2D eigenvalue weighted by Gasteiger charge is 2.18. The quantitative estimate of drug-likeness (QED) is 0.847. The lowest BCUT2D eigenvalue weighted by atomic mass is 10.1. The van der Waals surface area contributed by atoms with Crippen LogP contribution in [0.1, 0.15) is 49.9 Å². The number of hydrogen-bond acceptors (Lipinski definition) is 3. The van der Waals surface area contributed by atoms with Gasteiger partial charge in [0.1, 0.15) is 0 Å². The molecule has 0 amide bonds. The molecule has 1 aromatic heterocycles. The van der Waals surface area contributed by atoms with Gasteiger partial charge in [-0.05, 0) is 37.9 Å². The molecule has 1 aliphatic rings. The lowest BCUT2D eigenvalue weighted by Crippen LogP contribution is -2.24. The molecular weight excluding hydrogens is 240 g/mol. The van der Waals surface area contributed by atoms with Crippen LogP contribution in [0.2, 0.25) is 0 Å². The molecule has 0 spiro atoms. The molecule has 0 aromatic carbocycles. The third-order valence-electron chi connectivity index (χ3n) is 3.59. The Kier molecular flexibility index (Phi) is 5.51. The van der Waals surface area contributed by atoms with Crippen LogP contribution < -0.4 is 5.32 Å². The Balaban J connectivity index is 1.91. The van der Waals surface area contributed by atoms with Gasteiger partial charge in [-0.1, -0.05) is 25.8 Å². The summed E-state index contributed by atoms with van der Waals surface area (Å²) in [5, 5.41) is 4.47. The van der Waals surface area contributed by atoms with Gasteiger partial charge in [-0.2, -0.15) is 11.8 Å². The summed E-state index contributed by atoms with van der Waals surface area (Å²) in [6.45, 7) is 5.23. The molecular formula is C15H24N2S. The molecule has 1 N–H and O–H groups in total. The van der Waals surface area contributed by atoms with E-state index in [-0.39, 0.29) is 0 Å². The number of thioether (sulfide) groups is 1. The Bertz CT molecular complexity index is 344. The molecule has 1 unspecified atom stereocenters. The second kappa shape index (κ2) is 7.15. The molecule has 2 rings (SSSR count). The van der Waals surface area contributed by atoms with E-state index in [4.69, 9.17) is 0 Å². The molecule has 0 bridgehead atoms. The molecule has 0 aliphatic heterocycles. The van der Waals surface area contributed by atoms with E-state index in [2.05, 4.69) is 41.1 Å². The minimum absolute atomic E-state index is 0.452. The van der Waals surface area contributed by atoms with E-state index in [1.54, 1.807) is 0 Å². The molecule has 1 aliphatic carbocycles. The predicted molar refractivity (Wildman–Crippen MR) is 80.1 cm³/mol. The molecule has 0 radical (unpaired) electrons. The fraction of sp³-hybridized carbons (Fsp3) is 0.667. The SMILES string of the molecule is CCNC(CSC1CCCC1)c1ccc(C)nc1. The van der Waals surface area contributed by atoms with Crippen LogP contribution in [-0.2, 0) is 0 Å². The van der Waals surface area contributed by atoms with Crippen LogP contribution in [-0.4, -0.2) is 22.5 Å². The molecule has 100 valence electrons. The summed E-state index contributed by atoms with van der Waals surface area (Å²) in [5.41, 5.74) is 2.42. The zero-order valence-corrected chi connectivity index (χ0v) is 12.3. The maximum absolute atomic E-state index is 4.41. The van der Waals surface area contributed by atoms with Gasteiger partial charge in [0.15, 0.2) is 0 Å². The van der Waals surface area contributed by atoms with Crippen molar-refractivity contribution in [3.8, 4) is 0 Å². The average molecular weight is 264 g/mol. The van der Waals surface area contributed by atoms with Crippen molar-refractivity contribution in [2.24, 2.45) is 0 Å². The van der Waals surface area contributed by atoms with Crippen molar-refractivity contribution in [1.82, 2.24) is 10.3 Å². The van der Waals surface area contributed by atoms with E-state index in [1.165, 1.54) is 37.0 Å². The molecule has 0 saturated heterocycles. The first-order chi connectivity index (χ1) is 8.79. The van der Waals surface area contributed by atoms with Gasteiger partial charge in [-0.25, -0.2) is 0 Å². The molecule has 3 heteroatoms. The van der Waals surface area contributed by atoms with E-state index in [0.29, 0.717) is 6.04 Å². The van der Waals surface area contributed by atoms with Crippen LogP contribution in [0, 0.1) is 6.92 Å². The molecule has 1 aromatic rings. The Morgan fingerprint density at radius 3 is 2.78 bits per heavy atom. The third-order valence-corrected chi connectivity index (χ3v) is 5.06. The Morgan fingerprint density at radius 1 is 1.39 bits per heavy atom. The van der Waals surface area contributed by atoms with Crippen molar-refractivity contribution in [3.05, 3.63) is 29.6 Å². The average Bonchev–Trinajstić information content (AvgIpc) is 2.89. The summed E-state index contributed by atoms with van der Waals surface area (Å²) in [4.78, 5) is 4.41. The topological polar surface area (TPSA) is 24.9 Å². The molecule has 1 heterocycles. The zero-order chi connectivity index (χ0) is 12.8. The zero-order valence-electron chi connectivity index (χ0n) is 11.5. The van der Waals surface area contributed by atoms with Crippen molar-refractivity contribution < 1.29 is 0 Å². The lowest BCUT2D eigenvalue weighted by Gasteiger charge is -2.19. The number of nitrogens with zero attached hydrogens (tertiary/aromatic N) is 1. The Morgan fingerprint density at radius 2 is 2.17 bits per heavy atom. The summed E-state index contributed by atoms with van der Waals surface area (Å²) in [6, 6.07) is 4.78. The standard InChI is InChI=1S/C15H24N2S/c1-3-16-15(11-18-14-6-4-5-7-14)13-9-8-12(2)17-10-13/h8-10,14-16H,3-7,11H2,1-2H3. The van der Waals surface area contributed by atoms with E-state index >= 15 is 0 Å². The number of aromatic nitrogens is 1. The van der Waals surface area contributed by atoms with Crippen LogP contribution in [0.4, 0.5) is 0 Å². The first-order valence-corrected chi connectivity index (χ1v) is 8.12. The van der Waals surface area contributed by atoms with Crippen LogP contribution in [0.25, 0.3) is 0 Å². The molecule has 18 heavy (non-hydrogen) atoms. The summed E-state index contributed by atoms with van der Waals surface area (Å²) in [6.07, 6.45) is 7.70. The second-order valence-electron chi connectivity index (χ2n) is 5.08. The number of nitrogens with one attached hydrogen (secondary N) is 1. The highest BCUT2D eigenvalue weighted by Crippen LogP contribution is 2.31. The van der Waals surface area contributed by atoms with E-state index in [1.807, 2.05) is 13.1 Å². The van der Waals surface area contributed by atoms with Gasteiger partial charge in [0.25, 0.3) is 0 Å². The van der Waals surface area contributed by atoms with E-state index in [9.17, 15) is 0 Å². The first-order valence-electron chi connectivity index (χ1n) is 7.07. The molecule has 1 saturated carbocycles. The van der Waals surface area contributed by atoms with Gasteiger partial charge in [0.05, 0.1) is 0 Å². The Hall–Kier alpha value is -0.540. The van der Waals surface area contributed by atoms with Gasteiger partial charge in [-0.15, -0.1) is 0 Å². The third kappa shape index (κ3) is 3.99. The van der Waals surface area contributed by atoms with E-state index in [0.717, 1.165) is 17.5 Å². The van der Waals surface area contributed by atoms with Crippen molar-refractivity contribution in [2.75, 3.05) is 12.3 Å². The van der Waals surface area contributed by atoms with Crippen LogP contribution in [0.3, 0.4) is 0 Å². The molecule has 1 fully saturated rings. The smallest absolute Gasteiger partial charge is 0.0427 e. The summed E-state index contributed by atoms with van der Waals surface area (Å²) < 4.78 is 0. The number of rotatable bonds is 6. The maximum atomic E-state index is 4.41. The van der Waals surface area contributed by atoms with Gasteiger partial charge in [0.2, 0.25) is 0 Å². The Labute approximate surface area is 115 Å². The number of pyridine rings is 1.